The van der Waals surface area contributed by atoms with Gasteiger partial charge in [-0.1, -0.05) is 20.3 Å². The molecular weight excluding hydrogens is 258 g/mol. The maximum absolute atomic E-state index is 5.30. The van der Waals surface area contributed by atoms with Crippen molar-refractivity contribution in [3.05, 3.63) is 10.8 Å². The molecule has 0 saturated carbocycles. The zero-order valence-electron chi connectivity index (χ0n) is 8.92. The van der Waals surface area contributed by atoms with E-state index in [4.69, 9.17) is 5.84 Å². The molecule has 0 radical (unpaired) electrons. The van der Waals surface area contributed by atoms with Crippen LogP contribution in [0.25, 0.3) is 0 Å². The molecule has 0 saturated heterocycles. The number of halogens is 1. The van der Waals surface area contributed by atoms with Crippen LogP contribution in [0.1, 0.15) is 20.3 Å². The highest BCUT2D eigenvalue weighted by molar-refractivity contribution is 9.10. The molecule has 6 heteroatoms. The molecule has 0 spiro atoms. The van der Waals surface area contributed by atoms with Crippen molar-refractivity contribution in [2.24, 2.45) is 11.8 Å². The summed E-state index contributed by atoms with van der Waals surface area (Å²) in [5.74, 6) is 7.26. The first-order valence-electron chi connectivity index (χ1n) is 4.90. The second-order valence-electron chi connectivity index (χ2n) is 3.42. The highest BCUT2D eigenvalue weighted by atomic mass is 79.9. The summed E-state index contributed by atoms with van der Waals surface area (Å²) in [6.45, 7) is 5.23. The molecule has 0 aliphatic heterocycles. The Balaban J connectivity index is 2.68. The summed E-state index contributed by atoms with van der Waals surface area (Å²) in [5, 5.41) is 3.24. The minimum atomic E-state index is 0.580. The highest BCUT2D eigenvalue weighted by Crippen LogP contribution is 2.25. The van der Waals surface area contributed by atoms with Crippen molar-refractivity contribution < 1.29 is 0 Å². The van der Waals surface area contributed by atoms with E-state index in [0.717, 1.165) is 23.3 Å². The number of aromatic nitrogens is 2. The van der Waals surface area contributed by atoms with Gasteiger partial charge in [-0.3, -0.25) is 0 Å². The minimum Gasteiger partial charge on any atom is -0.369 e. The number of nitrogen functional groups attached to an aromatic ring is 1. The van der Waals surface area contributed by atoms with E-state index in [0.29, 0.717) is 11.7 Å². The van der Waals surface area contributed by atoms with Gasteiger partial charge in [-0.05, 0) is 21.8 Å². The van der Waals surface area contributed by atoms with Gasteiger partial charge < -0.3 is 10.7 Å². The van der Waals surface area contributed by atoms with Gasteiger partial charge in [-0.2, -0.15) is 0 Å². The second kappa shape index (κ2) is 5.87. The molecule has 0 aromatic carbocycles. The molecule has 0 amide bonds. The zero-order valence-corrected chi connectivity index (χ0v) is 10.5. The third kappa shape index (κ3) is 3.32. The molecule has 4 N–H and O–H groups in total. The third-order valence-electron chi connectivity index (χ3n) is 2.24. The van der Waals surface area contributed by atoms with Crippen LogP contribution in [0.4, 0.5) is 11.6 Å². The third-order valence-corrected chi connectivity index (χ3v) is 2.99. The molecule has 0 aliphatic rings. The van der Waals surface area contributed by atoms with Crippen LogP contribution >= 0.6 is 15.9 Å². The summed E-state index contributed by atoms with van der Waals surface area (Å²) in [6.07, 6.45) is 2.61. The fourth-order valence-corrected chi connectivity index (χ4v) is 1.47. The van der Waals surface area contributed by atoms with Gasteiger partial charge in [0.25, 0.3) is 0 Å². The summed E-state index contributed by atoms with van der Waals surface area (Å²) in [4.78, 5) is 8.10. The Morgan fingerprint density at radius 2 is 2.13 bits per heavy atom. The zero-order chi connectivity index (χ0) is 11.3. The Morgan fingerprint density at radius 1 is 1.47 bits per heavy atom. The van der Waals surface area contributed by atoms with Crippen molar-refractivity contribution in [2.45, 2.75) is 20.3 Å². The smallest absolute Gasteiger partial charge is 0.159 e. The lowest BCUT2D eigenvalue weighted by atomic mass is 10.1. The van der Waals surface area contributed by atoms with Crippen LogP contribution in [-0.2, 0) is 0 Å². The SMILES string of the molecule is CCC(C)CNc1ncnc(NN)c1Br. The normalized spacial score (nSPS) is 12.3. The molecule has 0 bridgehead atoms. The average Bonchev–Trinajstić information content (AvgIpc) is 2.27. The number of hydrogen-bond donors (Lipinski definition) is 3. The molecule has 15 heavy (non-hydrogen) atoms. The lowest BCUT2D eigenvalue weighted by Gasteiger charge is -2.12. The van der Waals surface area contributed by atoms with Crippen molar-refractivity contribution in [3.8, 4) is 0 Å². The number of nitrogens with two attached hydrogens (primary N) is 1. The van der Waals surface area contributed by atoms with Gasteiger partial charge in [0.1, 0.15) is 16.6 Å². The lowest BCUT2D eigenvalue weighted by molar-refractivity contribution is 0.592. The predicted octanol–water partition coefficient (Wildman–Crippen LogP) is 1.98. The molecule has 1 aromatic rings. The summed E-state index contributed by atoms with van der Waals surface area (Å²) in [7, 11) is 0. The number of nitrogens with one attached hydrogen (secondary N) is 2. The molecule has 1 rings (SSSR count). The minimum absolute atomic E-state index is 0.580. The van der Waals surface area contributed by atoms with Gasteiger partial charge in [-0.25, -0.2) is 15.8 Å². The van der Waals surface area contributed by atoms with Crippen molar-refractivity contribution >= 4 is 27.6 Å². The number of anilines is 2. The Labute approximate surface area is 98.0 Å². The molecule has 0 fully saturated rings. The summed E-state index contributed by atoms with van der Waals surface area (Å²) < 4.78 is 0.760. The molecule has 1 unspecified atom stereocenters. The van der Waals surface area contributed by atoms with Crippen LogP contribution < -0.4 is 16.6 Å². The highest BCUT2D eigenvalue weighted by Gasteiger charge is 2.07. The van der Waals surface area contributed by atoms with Crippen molar-refractivity contribution in [2.75, 3.05) is 17.3 Å². The predicted molar refractivity (Wildman–Crippen MR) is 65.5 cm³/mol. The van der Waals surface area contributed by atoms with E-state index in [9.17, 15) is 0 Å². The van der Waals surface area contributed by atoms with Gasteiger partial charge in [0, 0.05) is 6.54 Å². The molecule has 0 aliphatic carbocycles. The second-order valence-corrected chi connectivity index (χ2v) is 4.22. The van der Waals surface area contributed by atoms with Crippen molar-refractivity contribution in [3.63, 3.8) is 0 Å². The van der Waals surface area contributed by atoms with Crippen LogP contribution in [0.5, 0.6) is 0 Å². The van der Waals surface area contributed by atoms with Gasteiger partial charge in [0.2, 0.25) is 0 Å². The fourth-order valence-electron chi connectivity index (χ4n) is 1.01. The maximum atomic E-state index is 5.30. The molecule has 1 heterocycles. The largest absolute Gasteiger partial charge is 0.369 e. The number of hydrogen-bond acceptors (Lipinski definition) is 5. The Kier molecular flexibility index (Phi) is 4.77. The van der Waals surface area contributed by atoms with Gasteiger partial charge in [-0.15, -0.1) is 0 Å². The van der Waals surface area contributed by atoms with Crippen LogP contribution in [0.2, 0.25) is 0 Å². The van der Waals surface area contributed by atoms with Crippen molar-refractivity contribution in [1.29, 1.82) is 0 Å². The monoisotopic (exact) mass is 273 g/mol. The molecule has 84 valence electrons. The first kappa shape index (κ1) is 12.2. The van der Waals surface area contributed by atoms with E-state index in [2.05, 4.69) is 50.5 Å². The van der Waals surface area contributed by atoms with Gasteiger partial charge in [0.15, 0.2) is 5.82 Å². The Morgan fingerprint density at radius 3 is 2.73 bits per heavy atom. The quantitative estimate of drug-likeness (QED) is 0.565. The standard InChI is InChI=1S/C9H16BrN5/c1-3-6(2)4-12-8-7(10)9(15-11)14-5-13-8/h5-6H,3-4,11H2,1-2H3,(H2,12,13,14,15). The van der Waals surface area contributed by atoms with Crippen LogP contribution in [0.3, 0.4) is 0 Å². The first-order chi connectivity index (χ1) is 7.19. The van der Waals surface area contributed by atoms with E-state index in [-0.39, 0.29) is 0 Å². The lowest BCUT2D eigenvalue weighted by Crippen LogP contribution is -2.14. The Bertz CT molecular complexity index is 317. The Hall–Kier alpha value is -0.880. The van der Waals surface area contributed by atoms with Crippen LogP contribution in [0, 0.1) is 5.92 Å². The van der Waals surface area contributed by atoms with E-state index < -0.39 is 0 Å². The molecule has 5 nitrogen and oxygen atoms in total. The summed E-state index contributed by atoms with van der Waals surface area (Å²) in [6, 6.07) is 0. The average molecular weight is 274 g/mol. The van der Waals surface area contributed by atoms with E-state index in [1.807, 2.05) is 0 Å². The summed E-state index contributed by atoms with van der Waals surface area (Å²) in [5.41, 5.74) is 2.50. The van der Waals surface area contributed by atoms with Crippen molar-refractivity contribution in [1.82, 2.24) is 9.97 Å². The number of rotatable bonds is 5. The van der Waals surface area contributed by atoms with Gasteiger partial charge >= 0.3 is 0 Å². The number of nitrogens with zero attached hydrogens (tertiary/aromatic N) is 2. The van der Waals surface area contributed by atoms with E-state index >= 15 is 0 Å². The first-order valence-corrected chi connectivity index (χ1v) is 5.69. The summed E-state index contributed by atoms with van der Waals surface area (Å²) >= 11 is 3.38. The number of hydrazine groups is 1. The fraction of sp³-hybridized carbons (Fsp3) is 0.556. The molecular formula is C9H16BrN5. The van der Waals surface area contributed by atoms with E-state index in [1.165, 1.54) is 6.33 Å². The van der Waals surface area contributed by atoms with Crippen LogP contribution in [0.15, 0.2) is 10.8 Å². The van der Waals surface area contributed by atoms with E-state index in [1.54, 1.807) is 0 Å². The van der Waals surface area contributed by atoms with Crippen LogP contribution in [-0.4, -0.2) is 16.5 Å². The maximum Gasteiger partial charge on any atom is 0.159 e. The topological polar surface area (TPSA) is 75.9 Å². The molecule has 1 aromatic heterocycles. The van der Waals surface area contributed by atoms with Gasteiger partial charge in [0.05, 0.1) is 0 Å². The molecule has 1 atom stereocenters.